The number of ether oxygens (including phenoxy) is 1. The van der Waals surface area contributed by atoms with Gasteiger partial charge >= 0.3 is 0 Å². The first kappa shape index (κ1) is 14.2. The number of nitrogen functional groups attached to an aromatic ring is 1. The van der Waals surface area contributed by atoms with Crippen LogP contribution in [0.1, 0.15) is 24.5 Å². The SMILES string of the molecule is CCOCc1nc(NN)cc(NCc2noc(C)n2)n1. The van der Waals surface area contributed by atoms with Gasteiger partial charge < -0.3 is 20.0 Å². The van der Waals surface area contributed by atoms with E-state index in [1.165, 1.54) is 0 Å². The lowest BCUT2D eigenvalue weighted by atomic mass is 10.4. The van der Waals surface area contributed by atoms with Gasteiger partial charge in [0.05, 0.1) is 6.54 Å². The van der Waals surface area contributed by atoms with Crippen molar-refractivity contribution in [3.05, 3.63) is 23.6 Å². The summed E-state index contributed by atoms with van der Waals surface area (Å²) in [6, 6.07) is 1.68. The van der Waals surface area contributed by atoms with Gasteiger partial charge in [-0.05, 0) is 6.92 Å². The van der Waals surface area contributed by atoms with E-state index in [1.54, 1.807) is 13.0 Å². The number of hydrazine groups is 1. The van der Waals surface area contributed by atoms with Crippen molar-refractivity contribution >= 4 is 11.6 Å². The molecule has 20 heavy (non-hydrogen) atoms. The van der Waals surface area contributed by atoms with Crippen LogP contribution in [0.4, 0.5) is 11.6 Å². The number of aromatic nitrogens is 4. The fourth-order valence-electron chi connectivity index (χ4n) is 1.50. The zero-order valence-electron chi connectivity index (χ0n) is 11.4. The monoisotopic (exact) mass is 279 g/mol. The lowest BCUT2D eigenvalue weighted by Gasteiger charge is -2.08. The number of hydrogen-bond acceptors (Lipinski definition) is 9. The van der Waals surface area contributed by atoms with Gasteiger partial charge in [0.25, 0.3) is 0 Å². The molecule has 0 aliphatic heterocycles. The van der Waals surface area contributed by atoms with Crippen molar-refractivity contribution in [1.29, 1.82) is 0 Å². The van der Waals surface area contributed by atoms with E-state index in [-0.39, 0.29) is 0 Å². The quantitative estimate of drug-likeness (QED) is 0.493. The van der Waals surface area contributed by atoms with Crippen LogP contribution in [-0.4, -0.2) is 26.7 Å². The average Bonchev–Trinajstić information content (AvgIpc) is 2.88. The number of nitrogens with zero attached hydrogens (tertiary/aromatic N) is 4. The van der Waals surface area contributed by atoms with Crippen molar-refractivity contribution in [2.45, 2.75) is 27.0 Å². The van der Waals surface area contributed by atoms with E-state index in [1.807, 2.05) is 6.92 Å². The third kappa shape index (κ3) is 3.87. The first-order valence-corrected chi connectivity index (χ1v) is 6.16. The van der Waals surface area contributed by atoms with Crippen LogP contribution in [0.25, 0.3) is 0 Å². The topological polar surface area (TPSA) is 124 Å². The normalized spacial score (nSPS) is 10.6. The molecule has 2 aromatic heterocycles. The standard InChI is InChI=1S/C11H17N7O2/c1-3-19-6-11-15-8(4-9(16-11)17-12)13-5-10-14-7(2)20-18-10/h4H,3,5-6,12H2,1-2H3,(H2,13,15,16,17). The predicted molar refractivity (Wildman–Crippen MR) is 71.5 cm³/mol. The number of anilines is 2. The Morgan fingerprint density at radius 1 is 1.25 bits per heavy atom. The molecule has 0 atom stereocenters. The van der Waals surface area contributed by atoms with E-state index in [4.69, 9.17) is 15.1 Å². The van der Waals surface area contributed by atoms with Crippen LogP contribution in [0.15, 0.2) is 10.6 Å². The second kappa shape index (κ2) is 6.78. The Kier molecular flexibility index (Phi) is 4.80. The van der Waals surface area contributed by atoms with Crippen LogP contribution in [0.3, 0.4) is 0 Å². The van der Waals surface area contributed by atoms with Gasteiger partial charge in [-0.15, -0.1) is 0 Å². The molecule has 0 unspecified atom stereocenters. The summed E-state index contributed by atoms with van der Waals surface area (Å²) in [5.41, 5.74) is 2.49. The maximum absolute atomic E-state index is 5.38. The maximum Gasteiger partial charge on any atom is 0.223 e. The summed E-state index contributed by atoms with van der Waals surface area (Å²) in [4.78, 5) is 12.6. The van der Waals surface area contributed by atoms with Crippen LogP contribution in [0, 0.1) is 6.92 Å². The highest BCUT2D eigenvalue weighted by atomic mass is 16.5. The second-order valence-electron chi connectivity index (χ2n) is 3.92. The molecule has 0 fully saturated rings. The highest BCUT2D eigenvalue weighted by Crippen LogP contribution is 2.12. The summed E-state index contributed by atoms with van der Waals surface area (Å²) in [5.74, 6) is 8.09. The summed E-state index contributed by atoms with van der Waals surface area (Å²) < 4.78 is 10.2. The van der Waals surface area contributed by atoms with Crippen LogP contribution in [0.2, 0.25) is 0 Å². The first-order valence-electron chi connectivity index (χ1n) is 6.16. The summed E-state index contributed by atoms with van der Waals surface area (Å²) >= 11 is 0. The van der Waals surface area contributed by atoms with E-state index in [0.29, 0.717) is 48.9 Å². The average molecular weight is 279 g/mol. The molecule has 0 aliphatic rings. The Labute approximate surface area is 115 Å². The van der Waals surface area contributed by atoms with Crippen molar-refractivity contribution in [2.24, 2.45) is 5.84 Å². The maximum atomic E-state index is 5.38. The minimum absolute atomic E-state index is 0.321. The largest absolute Gasteiger partial charge is 0.374 e. The molecule has 0 aromatic carbocycles. The number of nitrogens with one attached hydrogen (secondary N) is 2. The van der Waals surface area contributed by atoms with Crippen LogP contribution in [-0.2, 0) is 17.9 Å². The van der Waals surface area contributed by atoms with Gasteiger partial charge in [-0.1, -0.05) is 5.16 Å². The molecule has 2 heterocycles. The van der Waals surface area contributed by atoms with Crippen LogP contribution in [0.5, 0.6) is 0 Å². The molecule has 0 radical (unpaired) electrons. The number of hydrogen-bond donors (Lipinski definition) is 3. The fraction of sp³-hybridized carbons (Fsp3) is 0.455. The lowest BCUT2D eigenvalue weighted by molar-refractivity contribution is 0.128. The van der Waals surface area contributed by atoms with Gasteiger partial charge in [0.1, 0.15) is 18.2 Å². The van der Waals surface area contributed by atoms with E-state index in [9.17, 15) is 0 Å². The molecule has 9 heteroatoms. The molecule has 0 amide bonds. The molecule has 4 N–H and O–H groups in total. The van der Waals surface area contributed by atoms with Crippen molar-refractivity contribution in [1.82, 2.24) is 20.1 Å². The molecule has 0 saturated carbocycles. The molecule has 0 aliphatic carbocycles. The molecule has 0 spiro atoms. The number of nitrogens with two attached hydrogens (primary N) is 1. The molecular formula is C11H17N7O2. The third-order valence-corrected chi connectivity index (χ3v) is 2.35. The van der Waals surface area contributed by atoms with Crippen molar-refractivity contribution < 1.29 is 9.26 Å². The molecule has 0 saturated heterocycles. The summed E-state index contributed by atoms with van der Waals surface area (Å²) in [6.45, 7) is 4.95. The summed E-state index contributed by atoms with van der Waals surface area (Å²) in [7, 11) is 0. The van der Waals surface area contributed by atoms with E-state index in [0.717, 1.165) is 0 Å². The van der Waals surface area contributed by atoms with Crippen LogP contribution >= 0.6 is 0 Å². The van der Waals surface area contributed by atoms with Crippen LogP contribution < -0.4 is 16.6 Å². The molecule has 2 aromatic rings. The Morgan fingerprint density at radius 3 is 2.70 bits per heavy atom. The van der Waals surface area contributed by atoms with Gasteiger partial charge in [0.15, 0.2) is 11.6 Å². The Hall–Kier alpha value is -2.26. The Bertz CT molecular complexity index is 557. The first-order chi connectivity index (χ1) is 9.71. The van der Waals surface area contributed by atoms with E-state index < -0.39 is 0 Å². The summed E-state index contributed by atoms with van der Waals surface area (Å²) in [6.07, 6.45) is 0. The highest BCUT2D eigenvalue weighted by Gasteiger charge is 2.06. The number of aryl methyl sites for hydroxylation is 1. The molecule has 2 rings (SSSR count). The molecule has 9 nitrogen and oxygen atoms in total. The van der Waals surface area contributed by atoms with Crippen molar-refractivity contribution in [3.63, 3.8) is 0 Å². The van der Waals surface area contributed by atoms with Gasteiger partial charge in [0.2, 0.25) is 5.89 Å². The molecule has 0 bridgehead atoms. The molecular weight excluding hydrogens is 262 g/mol. The van der Waals surface area contributed by atoms with Crippen molar-refractivity contribution in [3.8, 4) is 0 Å². The smallest absolute Gasteiger partial charge is 0.223 e. The molecule has 108 valence electrons. The zero-order valence-corrected chi connectivity index (χ0v) is 11.4. The van der Waals surface area contributed by atoms with Gasteiger partial charge in [-0.2, -0.15) is 4.98 Å². The highest BCUT2D eigenvalue weighted by molar-refractivity contribution is 5.46. The number of rotatable bonds is 7. The lowest BCUT2D eigenvalue weighted by Crippen LogP contribution is -2.13. The van der Waals surface area contributed by atoms with E-state index >= 15 is 0 Å². The zero-order chi connectivity index (χ0) is 14.4. The minimum atomic E-state index is 0.321. The van der Waals surface area contributed by atoms with Gasteiger partial charge in [0, 0.05) is 19.6 Å². The van der Waals surface area contributed by atoms with Gasteiger partial charge in [-0.3, -0.25) is 0 Å². The van der Waals surface area contributed by atoms with E-state index in [2.05, 4.69) is 30.9 Å². The third-order valence-electron chi connectivity index (χ3n) is 2.35. The fourth-order valence-corrected chi connectivity index (χ4v) is 1.50. The van der Waals surface area contributed by atoms with Gasteiger partial charge in [-0.25, -0.2) is 15.8 Å². The van der Waals surface area contributed by atoms with Crippen molar-refractivity contribution in [2.75, 3.05) is 17.3 Å². The Morgan fingerprint density at radius 2 is 2.05 bits per heavy atom. The second-order valence-corrected chi connectivity index (χ2v) is 3.92. The summed E-state index contributed by atoms with van der Waals surface area (Å²) in [5, 5.41) is 6.87. The predicted octanol–water partition coefficient (Wildman–Crippen LogP) is 0.602. The Balaban J connectivity index is 2.05. The minimum Gasteiger partial charge on any atom is -0.374 e.